The Morgan fingerprint density at radius 1 is 1.44 bits per heavy atom. The second kappa shape index (κ2) is 7.06. The fraction of sp³-hybridized carbons (Fsp3) is 0.389. The van der Waals surface area contributed by atoms with Crippen LogP contribution >= 0.6 is 0 Å². The molecule has 2 atom stereocenters. The highest BCUT2D eigenvalue weighted by atomic mass is 16.5. The van der Waals surface area contributed by atoms with Gasteiger partial charge in [-0.25, -0.2) is 4.98 Å². The number of amides is 2. The Balaban J connectivity index is 1.88. The van der Waals surface area contributed by atoms with Crippen LogP contribution in [-0.4, -0.2) is 58.4 Å². The third kappa shape index (κ3) is 3.41. The lowest BCUT2D eigenvalue weighted by atomic mass is 9.93. The summed E-state index contributed by atoms with van der Waals surface area (Å²) >= 11 is 0. The van der Waals surface area contributed by atoms with E-state index in [4.69, 9.17) is 4.74 Å². The summed E-state index contributed by atoms with van der Waals surface area (Å²) in [7, 11) is 3.42. The average Bonchev–Trinajstić information content (AvgIpc) is 3.10. The highest BCUT2D eigenvalue weighted by Crippen LogP contribution is 2.32. The molecule has 0 spiro atoms. The number of aromatic nitrogens is 2. The van der Waals surface area contributed by atoms with Gasteiger partial charge >= 0.3 is 0 Å². The number of rotatable bonds is 4. The molecule has 1 saturated heterocycles. The molecule has 0 radical (unpaired) electrons. The third-order valence-electron chi connectivity index (χ3n) is 4.55. The maximum Gasteiger partial charge on any atom is 0.254 e. The summed E-state index contributed by atoms with van der Waals surface area (Å²) in [6, 6.07) is 7.30. The molecule has 7 heteroatoms. The van der Waals surface area contributed by atoms with Gasteiger partial charge in [0.25, 0.3) is 5.91 Å². The van der Waals surface area contributed by atoms with Crippen molar-refractivity contribution in [2.45, 2.75) is 25.6 Å². The fourth-order valence-electron chi connectivity index (χ4n) is 3.11. The first-order valence-corrected chi connectivity index (χ1v) is 8.15. The summed E-state index contributed by atoms with van der Waals surface area (Å²) in [4.78, 5) is 35.4. The number of ether oxygens (including phenoxy) is 1. The molecule has 132 valence electrons. The van der Waals surface area contributed by atoms with E-state index in [1.54, 1.807) is 36.3 Å². The predicted molar refractivity (Wildman–Crippen MR) is 91.5 cm³/mol. The van der Waals surface area contributed by atoms with Crippen LogP contribution in [0.1, 0.15) is 23.0 Å². The van der Waals surface area contributed by atoms with E-state index in [1.165, 1.54) is 0 Å². The number of morpholine rings is 1. The van der Waals surface area contributed by atoms with Gasteiger partial charge in [0.05, 0.1) is 12.6 Å². The molecule has 0 unspecified atom stereocenters. The molecule has 1 aliphatic heterocycles. The first-order valence-electron chi connectivity index (χ1n) is 8.15. The number of aryl methyl sites for hydroxylation is 1. The molecule has 3 rings (SSSR count). The summed E-state index contributed by atoms with van der Waals surface area (Å²) in [5, 5.41) is 0. The quantitative estimate of drug-likeness (QED) is 0.908. The van der Waals surface area contributed by atoms with Crippen molar-refractivity contribution in [2.75, 3.05) is 20.7 Å². The lowest BCUT2D eigenvalue weighted by Crippen LogP contribution is -2.53. The molecule has 1 aliphatic rings. The van der Waals surface area contributed by atoms with Gasteiger partial charge in [0.2, 0.25) is 5.91 Å². The number of hydrogen-bond donors (Lipinski definition) is 1. The summed E-state index contributed by atoms with van der Waals surface area (Å²) < 4.78 is 5.67. The van der Waals surface area contributed by atoms with Crippen molar-refractivity contribution in [3.05, 3.63) is 53.6 Å². The zero-order valence-electron chi connectivity index (χ0n) is 14.6. The van der Waals surface area contributed by atoms with Crippen LogP contribution < -0.4 is 0 Å². The van der Waals surface area contributed by atoms with Crippen molar-refractivity contribution in [2.24, 2.45) is 0 Å². The number of benzene rings is 1. The number of carbonyl (C=O) groups excluding carboxylic acids is 2. The van der Waals surface area contributed by atoms with Crippen LogP contribution in [0.3, 0.4) is 0 Å². The largest absolute Gasteiger partial charge is 0.356 e. The van der Waals surface area contributed by atoms with Gasteiger partial charge in [-0.2, -0.15) is 0 Å². The Kier molecular flexibility index (Phi) is 4.85. The first kappa shape index (κ1) is 17.2. The number of hydrogen-bond acceptors (Lipinski definition) is 4. The zero-order chi connectivity index (χ0) is 18.0. The number of nitrogens with one attached hydrogen (secondary N) is 1. The Labute approximate surface area is 146 Å². The second-order valence-electron chi connectivity index (χ2n) is 6.27. The fourth-order valence-corrected chi connectivity index (χ4v) is 3.11. The van der Waals surface area contributed by atoms with Crippen LogP contribution in [0.25, 0.3) is 0 Å². The number of H-pyrrole nitrogens is 1. The highest BCUT2D eigenvalue weighted by molar-refractivity contribution is 5.86. The maximum absolute atomic E-state index is 13.0. The van der Waals surface area contributed by atoms with Crippen molar-refractivity contribution in [1.82, 2.24) is 19.8 Å². The molecule has 2 aromatic rings. The highest BCUT2D eigenvalue weighted by Gasteiger charge is 2.41. The minimum Gasteiger partial charge on any atom is -0.356 e. The van der Waals surface area contributed by atoms with Gasteiger partial charge in [-0.05, 0) is 18.1 Å². The summed E-state index contributed by atoms with van der Waals surface area (Å²) in [5.41, 5.74) is 1.94. The molecule has 2 amide bonds. The van der Waals surface area contributed by atoms with Crippen molar-refractivity contribution in [1.29, 1.82) is 0 Å². The number of imidazole rings is 1. The SMILES string of the molecule is Cc1ccccc1[C@@H]1[C@@H](C(=O)N(C)Cc2ncc[nH]2)OCC(=O)N1C. The van der Waals surface area contributed by atoms with Gasteiger partial charge in [-0.1, -0.05) is 24.3 Å². The Bertz CT molecular complexity index is 759. The van der Waals surface area contributed by atoms with Crippen molar-refractivity contribution in [3.8, 4) is 0 Å². The summed E-state index contributed by atoms with van der Waals surface area (Å²) in [6.07, 6.45) is 2.62. The number of likely N-dealkylation sites (N-methyl/N-ethyl adjacent to an activating group) is 2. The van der Waals surface area contributed by atoms with Crippen LogP contribution in [0.5, 0.6) is 0 Å². The normalized spacial score (nSPS) is 20.6. The minimum atomic E-state index is -0.747. The second-order valence-corrected chi connectivity index (χ2v) is 6.27. The van der Waals surface area contributed by atoms with E-state index in [0.717, 1.165) is 11.1 Å². The van der Waals surface area contributed by atoms with Gasteiger partial charge in [0.1, 0.15) is 12.4 Å². The van der Waals surface area contributed by atoms with Gasteiger partial charge in [-0.15, -0.1) is 0 Å². The van der Waals surface area contributed by atoms with Crippen molar-refractivity contribution in [3.63, 3.8) is 0 Å². The molecule has 0 bridgehead atoms. The first-order chi connectivity index (χ1) is 12.0. The molecule has 1 N–H and O–H groups in total. The van der Waals surface area contributed by atoms with Crippen LogP contribution in [0.2, 0.25) is 0 Å². The van der Waals surface area contributed by atoms with Crippen molar-refractivity contribution >= 4 is 11.8 Å². The monoisotopic (exact) mass is 342 g/mol. The van der Waals surface area contributed by atoms with Gasteiger partial charge in [-0.3, -0.25) is 9.59 Å². The molecule has 2 heterocycles. The number of nitrogens with zero attached hydrogens (tertiary/aromatic N) is 3. The summed E-state index contributed by atoms with van der Waals surface area (Å²) in [6.45, 7) is 2.23. The van der Waals surface area contributed by atoms with Gasteiger partial charge in [0, 0.05) is 26.5 Å². The van der Waals surface area contributed by atoms with Gasteiger partial charge < -0.3 is 19.5 Å². The van der Waals surface area contributed by atoms with E-state index >= 15 is 0 Å². The van der Waals surface area contributed by atoms with E-state index in [1.807, 2.05) is 31.2 Å². The lowest BCUT2D eigenvalue weighted by Gasteiger charge is -2.40. The standard InChI is InChI=1S/C18H22N4O3/c1-12-6-4-5-7-13(12)16-17(25-11-15(23)22(16)3)18(24)21(2)10-14-19-8-9-20-14/h4-9,16-17H,10-11H2,1-3H3,(H,19,20)/t16-,17+/m1/s1. The van der Waals surface area contributed by atoms with Crippen LogP contribution in [0.4, 0.5) is 0 Å². The van der Waals surface area contributed by atoms with Crippen molar-refractivity contribution < 1.29 is 14.3 Å². The molecule has 1 aromatic heterocycles. The van der Waals surface area contributed by atoms with Gasteiger partial charge in [0.15, 0.2) is 6.10 Å². The molecular formula is C18H22N4O3. The molecule has 25 heavy (non-hydrogen) atoms. The Morgan fingerprint density at radius 2 is 2.20 bits per heavy atom. The van der Waals surface area contributed by atoms with E-state index in [-0.39, 0.29) is 18.4 Å². The maximum atomic E-state index is 13.0. The zero-order valence-corrected chi connectivity index (χ0v) is 14.6. The van der Waals surface area contributed by atoms with Crippen LogP contribution in [0, 0.1) is 6.92 Å². The number of carbonyl (C=O) groups is 2. The molecule has 0 saturated carbocycles. The van der Waals surface area contributed by atoms with Crippen LogP contribution in [-0.2, 0) is 20.9 Å². The minimum absolute atomic E-state index is 0.0934. The Hall–Kier alpha value is -2.67. The smallest absolute Gasteiger partial charge is 0.254 e. The molecule has 7 nitrogen and oxygen atoms in total. The van der Waals surface area contributed by atoms with E-state index in [9.17, 15) is 9.59 Å². The molecule has 1 fully saturated rings. The topological polar surface area (TPSA) is 78.5 Å². The van der Waals surface area contributed by atoms with E-state index in [0.29, 0.717) is 12.4 Å². The third-order valence-corrected chi connectivity index (χ3v) is 4.55. The number of aromatic amines is 1. The molecule has 0 aliphatic carbocycles. The van der Waals surface area contributed by atoms with Crippen LogP contribution in [0.15, 0.2) is 36.7 Å². The lowest BCUT2D eigenvalue weighted by molar-refractivity contribution is -0.167. The summed E-state index contributed by atoms with van der Waals surface area (Å²) in [5.74, 6) is 0.388. The van der Waals surface area contributed by atoms with E-state index in [2.05, 4.69) is 9.97 Å². The molecule has 1 aromatic carbocycles. The predicted octanol–water partition coefficient (Wildman–Crippen LogP) is 1.28. The van der Waals surface area contributed by atoms with E-state index < -0.39 is 12.1 Å². The molecular weight excluding hydrogens is 320 g/mol. The average molecular weight is 342 g/mol. The Morgan fingerprint density at radius 3 is 2.88 bits per heavy atom.